The summed E-state index contributed by atoms with van der Waals surface area (Å²) in [6.07, 6.45) is 0.531. The molecule has 1 aliphatic heterocycles. The van der Waals surface area contributed by atoms with Gasteiger partial charge in [0.15, 0.2) is 0 Å². The second kappa shape index (κ2) is 23.6. The zero-order valence-corrected chi connectivity index (χ0v) is 37.8. The molecule has 2 rings (SSSR count). The van der Waals surface area contributed by atoms with Crippen molar-refractivity contribution >= 4 is 35.5 Å². The van der Waals surface area contributed by atoms with Crippen LogP contribution in [0.3, 0.4) is 0 Å². The van der Waals surface area contributed by atoms with E-state index in [-0.39, 0.29) is 54.2 Å². The van der Waals surface area contributed by atoms with Crippen molar-refractivity contribution in [2.24, 2.45) is 35.3 Å². The molecule has 1 aliphatic rings. The number of aliphatic carboxylic acids is 1. The van der Waals surface area contributed by atoms with Crippen molar-refractivity contribution in [1.82, 2.24) is 25.3 Å². The van der Waals surface area contributed by atoms with Crippen LogP contribution in [-0.4, -0.2) is 139 Å². The SMILES string of the molecule is CC[C@H](C)[C@@H]([C@@H](CC(=O)N1CCC[C@H]1[C@H](OC)[C@@H](C)C(=O)N[C@@H](Cc1ccccc1)C(=O)O)OC)N(C)C(=O)[C@@H](NC(=O)[C@H](C(C)C)N(C)C(=O)[C@H](N)C(C)C)C(C)C. The Balaban J connectivity index is 2.31. The monoisotopic (exact) mass is 831 g/mol. The normalized spacial score (nSPS) is 18.9. The lowest BCUT2D eigenvalue weighted by Gasteiger charge is -2.41. The first-order valence-electron chi connectivity index (χ1n) is 21.2. The Labute approximate surface area is 352 Å². The molecule has 0 aliphatic carbocycles. The number of likely N-dealkylation sites (N-methyl/N-ethyl adjacent to an activating group) is 2. The van der Waals surface area contributed by atoms with Crippen molar-refractivity contribution in [3.63, 3.8) is 0 Å². The van der Waals surface area contributed by atoms with Gasteiger partial charge in [-0.15, -0.1) is 0 Å². The van der Waals surface area contributed by atoms with Crippen molar-refractivity contribution < 1.29 is 43.3 Å². The maximum absolute atomic E-state index is 14.4. The number of amides is 5. The van der Waals surface area contributed by atoms with E-state index < -0.39 is 72.2 Å². The molecule has 5 N–H and O–H groups in total. The Hall–Kier alpha value is -4.08. The van der Waals surface area contributed by atoms with Gasteiger partial charge in [0.2, 0.25) is 29.5 Å². The van der Waals surface area contributed by atoms with Crippen molar-refractivity contribution in [2.45, 2.75) is 143 Å². The highest BCUT2D eigenvalue weighted by molar-refractivity contribution is 5.93. The molecule has 1 fully saturated rings. The number of rotatable bonds is 23. The minimum Gasteiger partial charge on any atom is -0.480 e. The molecule has 0 bridgehead atoms. The van der Waals surface area contributed by atoms with E-state index in [4.69, 9.17) is 15.2 Å². The van der Waals surface area contributed by atoms with E-state index in [1.54, 1.807) is 43.0 Å². The summed E-state index contributed by atoms with van der Waals surface area (Å²) in [5.74, 6) is -4.66. The van der Waals surface area contributed by atoms with Crippen molar-refractivity contribution in [3.05, 3.63) is 35.9 Å². The number of carbonyl (C=O) groups is 6. The lowest BCUT2D eigenvalue weighted by molar-refractivity contribution is -0.149. The number of ether oxygens (including phenoxy) is 2. The van der Waals surface area contributed by atoms with Gasteiger partial charge in [0, 0.05) is 41.3 Å². The minimum atomic E-state index is -1.15. The Morgan fingerprint density at radius 3 is 1.95 bits per heavy atom. The highest BCUT2D eigenvalue weighted by atomic mass is 16.5. The van der Waals surface area contributed by atoms with Crippen molar-refractivity contribution in [2.75, 3.05) is 34.9 Å². The number of carboxylic acid groups (broad SMARTS) is 1. The Bertz CT molecular complexity index is 1540. The van der Waals surface area contributed by atoms with E-state index in [9.17, 15) is 33.9 Å². The molecule has 15 heteroatoms. The number of benzene rings is 1. The number of nitrogens with two attached hydrogens (primary N) is 1. The van der Waals surface area contributed by atoms with Crippen LogP contribution in [0.25, 0.3) is 0 Å². The van der Waals surface area contributed by atoms with Gasteiger partial charge in [-0.3, -0.25) is 24.0 Å². The minimum absolute atomic E-state index is 0.0635. The zero-order valence-electron chi connectivity index (χ0n) is 37.8. The molecule has 334 valence electrons. The van der Waals surface area contributed by atoms with Crippen LogP contribution in [0.4, 0.5) is 0 Å². The zero-order chi connectivity index (χ0) is 44.9. The predicted molar refractivity (Wildman–Crippen MR) is 227 cm³/mol. The van der Waals surface area contributed by atoms with Crippen LogP contribution >= 0.6 is 0 Å². The fourth-order valence-electron chi connectivity index (χ4n) is 8.21. The first-order valence-corrected chi connectivity index (χ1v) is 21.2. The third-order valence-corrected chi connectivity index (χ3v) is 12.1. The standard InChI is InChI=1S/C44H74N6O9/c1-14-28(8)38(49(11)43(55)36(26(4)5)47-41(53)37(27(6)7)48(10)42(54)35(45)25(2)3)33(58-12)24-34(51)50-22-18-21-32(50)39(59-13)29(9)40(52)46-31(44(56)57)23-30-19-16-15-17-20-30/h15-17,19-20,25-29,31-33,35-39H,14,18,21-24,45H2,1-13H3,(H,46,52)(H,47,53)(H,56,57)/t28-,29+,31-,32-,33+,35+,36-,37-,38-,39+/m0/s1. The number of carbonyl (C=O) groups excluding carboxylic acids is 5. The summed E-state index contributed by atoms with van der Waals surface area (Å²) in [7, 11) is 6.21. The Morgan fingerprint density at radius 2 is 1.46 bits per heavy atom. The van der Waals surface area contributed by atoms with Gasteiger partial charge >= 0.3 is 5.97 Å². The van der Waals surface area contributed by atoms with Crippen LogP contribution in [0.5, 0.6) is 0 Å². The largest absolute Gasteiger partial charge is 0.480 e. The summed E-state index contributed by atoms with van der Waals surface area (Å²) in [4.78, 5) is 86.1. The van der Waals surface area contributed by atoms with Crippen molar-refractivity contribution in [3.8, 4) is 0 Å². The summed E-state index contributed by atoms with van der Waals surface area (Å²) in [5.41, 5.74) is 6.94. The number of nitrogens with zero attached hydrogens (tertiary/aromatic N) is 3. The molecule has 10 atom stereocenters. The molecule has 0 aromatic heterocycles. The summed E-state index contributed by atoms with van der Waals surface area (Å²) in [5, 5.41) is 15.5. The van der Waals surface area contributed by atoms with Gasteiger partial charge in [-0.2, -0.15) is 0 Å². The molecule has 0 radical (unpaired) electrons. The summed E-state index contributed by atoms with van der Waals surface area (Å²) >= 11 is 0. The third-order valence-electron chi connectivity index (χ3n) is 12.1. The molecule has 5 amide bonds. The highest BCUT2D eigenvalue weighted by Crippen LogP contribution is 2.30. The van der Waals surface area contributed by atoms with E-state index in [2.05, 4.69) is 10.6 Å². The first kappa shape index (κ1) is 51.1. The van der Waals surface area contributed by atoms with E-state index in [0.717, 1.165) is 5.56 Å². The smallest absolute Gasteiger partial charge is 0.326 e. The van der Waals surface area contributed by atoms with Gasteiger partial charge in [0.1, 0.15) is 18.1 Å². The molecular weight excluding hydrogens is 757 g/mol. The lowest BCUT2D eigenvalue weighted by Crippen LogP contribution is -2.61. The number of likely N-dealkylation sites (tertiary alicyclic amines) is 1. The average molecular weight is 831 g/mol. The number of methoxy groups -OCH3 is 2. The summed E-state index contributed by atoms with van der Waals surface area (Å²) < 4.78 is 11.9. The van der Waals surface area contributed by atoms with Crippen LogP contribution in [0.15, 0.2) is 30.3 Å². The molecule has 1 aromatic carbocycles. The van der Waals surface area contributed by atoms with Gasteiger partial charge < -0.3 is 45.6 Å². The van der Waals surface area contributed by atoms with Crippen LogP contribution in [0.1, 0.15) is 93.6 Å². The molecule has 1 heterocycles. The lowest BCUT2D eigenvalue weighted by atomic mass is 9.89. The maximum atomic E-state index is 14.4. The molecule has 1 aromatic rings. The number of hydrogen-bond acceptors (Lipinski definition) is 9. The van der Waals surface area contributed by atoms with Gasteiger partial charge in [-0.05, 0) is 42.1 Å². The van der Waals surface area contributed by atoms with Gasteiger partial charge in [-0.1, -0.05) is 99.1 Å². The topological polar surface area (TPSA) is 201 Å². The van der Waals surface area contributed by atoms with Gasteiger partial charge in [0.05, 0.1) is 42.7 Å². The van der Waals surface area contributed by atoms with Gasteiger partial charge in [0.25, 0.3) is 0 Å². The number of hydrogen-bond donors (Lipinski definition) is 4. The van der Waals surface area contributed by atoms with Crippen molar-refractivity contribution in [1.29, 1.82) is 0 Å². The average Bonchev–Trinajstić information content (AvgIpc) is 3.68. The second-order valence-corrected chi connectivity index (χ2v) is 17.3. The van der Waals surface area contributed by atoms with E-state index in [1.807, 2.05) is 73.6 Å². The molecule has 15 nitrogen and oxygen atoms in total. The van der Waals surface area contributed by atoms with Gasteiger partial charge in [-0.25, -0.2) is 4.79 Å². The highest BCUT2D eigenvalue weighted by Gasteiger charge is 2.44. The molecule has 0 unspecified atom stereocenters. The maximum Gasteiger partial charge on any atom is 0.326 e. The van der Waals surface area contributed by atoms with Crippen LogP contribution in [-0.2, 0) is 44.7 Å². The van der Waals surface area contributed by atoms with E-state index in [0.29, 0.717) is 25.8 Å². The fourth-order valence-corrected chi connectivity index (χ4v) is 8.21. The molecule has 0 saturated carbocycles. The number of carboxylic acids is 1. The van der Waals surface area contributed by atoms with Crippen LogP contribution in [0, 0.1) is 29.6 Å². The second-order valence-electron chi connectivity index (χ2n) is 17.3. The summed E-state index contributed by atoms with van der Waals surface area (Å²) in [6.45, 7) is 17.1. The molecular formula is C44H74N6O9. The van der Waals surface area contributed by atoms with Crippen LogP contribution < -0.4 is 16.4 Å². The fraction of sp³-hybridized carbons (Fsp3) is 0.727. The number of nitrogens with one attached hydrogen (secondary N) is 2. The quantitative estimate of drug-likeness (QED) is 0.127. The molecule has 1 saturated heterocycles. The Kier molecular flexibility index (Phi) is 20.5. The molecule has 59 heavy (non-hydrogen) atoms. The van der Waals surface area contributed by atoms with E-state index >= 15 is 0 Å². The van der Waals surface area contributed by atoms with E-state index in [1.165, 1.54) is 19.1 Å². The van der Waals surface area contributed by atoms with Crippen LogP contribution in [0.2, 0.25) is 0 Å². The summed E-state index contributed by atoms with van der Waals surface area (Å²) in [6, 6.07) is 4.29. The molecule has 0 spiro atoms. The first-order chi connectivity index (χ1) is 27.6. The Morgan fingerprint density at radius 1 is 0.847 bits per heavy atom. The third kappa shape index (κ3) is 13.5. The predicted octanol–water partition coefficient (Wildman–Crippen LogP) is 3.33.